The summed E-state index contributed by atoms with van der Waals surface area (Å²) >= 11 is 0. The number of phenols is 1. The lowest BCUT2D eigenvalue weighted by Gasteiger charge is -2.43. The molecule has 0 spiro atoms. The smallest absolute Gasteiger partial charge is 0.215 e. The third-order valence-corrected chi connectivity index (χ3v) is 8.52. The molecule has 38 heavy (non-hydrogen) atoms. The fourth-order valence-electron chi connectivity index (χ4n) is 6.44. The first kappa shape index (κ1) is 24.7. The average Bonchev–Trinajstić information content (AvgIpc) is 3.20. The van der Waals surface area contributed by atoms with Crippen LogP contribution in [0.2, 0.25) is 0 Å². The lowest BCUT2D eigenvalue weighted by atomic mass is 9.86. The summed E-state index contributed by atoms with van der Waals surface area (Å²) in [5, 5.41) is 22.3. The van der Waals surface area contributed by atoms with Crippen LogP contribution in [-0.4, -0.2) is 65.2 Å². The molecule has 5 heterocycles. The zero-order valence-corrected chi connectivity index (χ0v) is 22.0. The molecule has 2 bridgehead atoms. The van der Waals surface area contributed by atoms with Gasteiger partial charge in [-0.2, -0.15) is 0 Å². The van der Waals surface area contributed by atoms with Crippen molar-refractivity contribution in [1.29, 1.82) is 0 Å². The second kappa shape index (κ2) is 10.6. The number of nitrogens with zero attached hydrogens (tertiary/aromatic N) is 5. The number of nitrogens with two attached hydrogens (primary N) is 1. The predicted octanol–water partition coefficient (Wildman–Crippen LogP) is 3.70. The van der Waals surface area contributed by atoms with Crippen LogP contribution in [0, 0.1) is 11.8 Å². The van der Waals surface area contributed by atoms with E-state index >= 15 is 0 Å². The molecule has 3 saturated heterocycles. The van der Waals surface area contributed by atoms with Crippen LogP contribution < -0.4 is 25.6 Å². The molecular weight excluding hydrogens is 478 g/mol. The van der Waals surface area contributed by atoms with E-state index in [0.717, 1.165) is 51.1 Å². The van der Waals surface area contributed by atoms with E-state index in [1.54, 1.807) is 12.1 Å². The summed E-state index contributed by atoms with van der Waals surface area (Å²) < 4.78 is 6.13. The molecule has 4 N–H and O–H groups in total. The lowest BCUT2D eigenvalue weighted by Crippen LogP contribution is -2.54. The van der Waals surface area contributed by atoms with Crippen LogP contribution in [0.4, 0.5) is 17.2 Å². The highest BCUT2D eigenvalue weighted by molar-refractivity contribution is 5.74. The third-order valence-electron chi connectivity index (χ3n) is 8.52. The van der Waals surface area contributed by atoms with Gasteiger partial charge >= 0.3 is 0 Å². The number of nitrogen functional groups attached to an aromatic ring is 1. The zero-order chi connectivity index (χ0) is 26.1. The van der Waals surface area contributed by atoms with Crippen molar-refractivity contribution >= 4 is 17.2 Å². The van der Waals surface area contributed by atoms with Gasteiger partial charge in [-0.15, -0.1) is 10.2 Å². The van der Waals surface area contributed by atoms with Gasteiger partial charge in [0, 0.05) is 48.7 Å². The Labute approximate surface area is 224 Å². The molecule has 2 aromatic heterocycles. The van der Waals surface area contributed by atoms with Crippen molar-refractivity contribution in [3.05, 3.63) is 48.7 Å². The Hall–Kier alpha value is -3.59. The maximum Gasteiger partial charge on any atom is 0.215 e. The van der Waals surface area contributed by atoms with Crippen LogP contribution in [0.25, 0.3) is 11.3 Å². The van der Waals surface area contributed by atoms with Gasteiger partial charge in [-0.05, 0) is 74.9 Å². The Balaban J connectivity index is 1.14. The van der Waals surface area contributed by atoms with Gasteiger partial charge in [-0.3, -0.25) is 0 Å². The highest BCUT2D eigenvalue weighted by Gasteiger charge is 2.41. The number of benzene rings is 1. The summed E-state index contributed by atoms with van der Waals surface area (Å²) in [6, 6.07) is 14.1. The lowest BCUT2D eigenvalue weighted by molar-refractivity contribution is 0.203. The topological polar surface area (TPSA) is 113 Å². The summed E-state index contributed by atoms with van der Waals surface area (Å²) in [5.74, 6) is 2.71. The fraction of sp³-hybridized carbons (Fsp3) is 0.483. The van der Waals surface area contributed by atoms with Gasteiger partial charge in [0.1, 0.15) is 5.75 Å². The Kier molecular flexibility index (Phi) is 6.93. The van der Waals surface area contributed by atoms with Crippen molar-refractivity contribution in [2.45, 2.75) is 44.7 Å². The average molecular weight is 516 g/mol. The van der Waals surface area contributed by atoms with Crippen LogP contribution in [0.1, 0.15) is 32.6 Å². The maximum atomic E-state index is 10.3. The molecular formula is C29H37N7O2. The van der Waals surface area contributed by atoms with E-state index < -0.39 is 0 Å². The number of anilines is 3. The quantitative estimate of drug-likeness (QED) is 0.433. The van der Waals surface area contributed by atoms with E-state index in [4.69, 9.17) is 10.5 Å². The van der Waals surface area contributed by atoms with Crippen LogP contribution in [0.15, 0.2) is 48.7 Å². The van der Waals surface area contributed by atoms with Gasteiger partial charge in [0.25, 0.3) is 0 Å². The van der Waals surface area contributed by atoms with Crippen molar-refractivity contribution < 1.29 is 9.84 Å². The molecule has 0 aliphatic carbocycles. The van der Waals surface area contributed by atoms with Crippen molar-refractivity contribution in [3.8, 4) is 22.9 Å². The van der Waals surface area contributed by atoms with Crippen molar-refractivity contribution in [2.24, 2.45) is 11.8 Å². The molecule has 3 aromatic rings. The Morgan fingerprint density at radius 3 is 2.68 bits per heavy atom. The summed E-state index contributed by atoms with van der Waals surface area (Å²) in [4.78, 5) is 9.36. The second-order valence-electron chi connectivity index (χ2n) is 10.9. The first-order valence-electron chi connectivity index (χ1n) is 13.8. The Morgan fingerprint density at radius 2 is 1.89 bits per heavy atom. The summed E-state index contributed by atoms with van der Waals surface area (Å²) in [5.41, 5.74) is 9.63. The number of fused-ring (bicyclic) bond motifs is 2. The number of ether oxygens (including phenoxy) is 1. The van der Waals surface area contributed by atoms with Crippen LogP contribution in [0.5, 0.6) is 11.6 Å². The van der Waals surface area contributed by atoms with E-state index in [0.29, 0.717) is 53.5 Å². The second-order valence-corrected chi connectivity index (χ2v) is 10.9. The summed E-state index contributed by atoms with van der Waals surface area (Å²) in [6.45, 7) is 6.93. The first-order chi connectivity index (χ1) is 18.6. The Morgan fingerprint density at radius 1 is 1.08 bits per heavy atom. The number of aromatic nitrogens is 3. The third kappa shape index (κ3) is 4.95. The monoisotopic (exact) mass is 515 g/mol. The van der Waals surface area contributed by atoms with Crippen LogP contribution in [0.3, 0.4) is 0 Å². The van der Waals surface area contributed by atoms with E-state index in [1.807, 2.05) is 24.4 Å². The largest absolute Gasteiger partial charge is 0.507 e. The fourth-order valence-corrected chi connectivity index (χ4v) is 6.44. The molecule has 200 valence electrons. The molecule has 3 aliphatic rings. The van der Waals surface area contributed by atoms with Crippen LogP contribution >= 0.6 is 0 Å². The number of rotatable bonds is 7. The van der Waals surface area contributed by atoms with E-state index in [1.165, 1.54) is 12.1 Å². The SMILES string of the molecule is C[C@@H]1CNCCC1CCOc1cc(N2C3CCC2CN(c2cc(-c4ccccc4O)nnc2N)C3)ccn1. The minimum Gasteiger partial charge on any atom is -0.507 e. The molecule has 0 radical (unpaired) electrons. The van der Waals surface area contributed by atoms with E-state index in [-0.39, 0.29) is 5.75 Å². The molecule has 3 unspecified atom stereocenters. The zero-order valence-electron chi connectivity index (χ0n) is 22.0. The number of para-hydroxylation sites is 1. The molecule has 9 heteroatoms. The van der Waals surface area contributed by atoms with Crippen molar-refractivity contribution in [3.63, 3.8) is 0 Å². The molecule has 1 aromatic carbocycles. The highest BCUT2D eigenvalue weighted by Crippen LogP contribution is 2.39. The van der Waals surface area contributed by atoms with Gasteiger partial charge in [0.15, 0.2) is 5.82 Å². The number of hydrogen-bond acceptors (Lipinski definition) is 9. The van der Waals surface area contributed by atoms with Gasteiger partial charge in [-0.25, -0.2) is 4.98 Å². The summed E-state index contributed by atoms with van der Waals surface area (Å²) in [7, 11) is 0. The van der Waals surface area contributed by atoms with E-state index in [9.17, 15) is 5.11 Å². The number of pyridine rings is 1. The molecule has 0 saturated carbocycles. The highest BCUT2D eigenvalue weighted by atomic mass is 16.5. The van der Waals surface area contributed by atoms with Gasteiger partial charge in [0.05, 0.1) is 18.0 Å². The van der Waals surface area contributed by atoms with Gasteiger partial charge in [0.2, 0.25) is 5.88 Å². The molecule has 6 rings (SSSR count). The number of piperazine rings is 1. The standard InChI is InChI=1S/C29H37N7O2/c1-19-16-31-11-8-20(19)10-13-38-28-14-21(9-12-32-28)36-22-6-7-23(36)18-35(17-22)26-15-25(33-34-29(26)30)24-4-2-3-5-27(24)37/h2-5,9,12,14-15,19-20,22-23,31,37H,6-8,10-11,13,16-18H2,1H3,(H2,30,34)/t19-,20?,22?,23?/m1/s1. The number of phenolic OH excluding ortho intramolecular Hbond substituents is 1. The maximum absolute atomic E-state index is 10.3. The number of hydrogen-bond donors (Lipinski definition) is 3. The van der Waals surface area contributed by atoms with Crippen LogP contribution in [-0.2, 0) is 0 Å². The van der Waals surface area contributed by atoms with Crippen molar-refractivity contribution in [2.75, 3.05) is 48.3 Å². The summed E-state index contributed by atoms with van der Waals surface area (Å²) in [6.07, 6.45) is 6.41. The minimum absolute atomic E-state index is 0.184. The number of nitrogens with one attached hydrogen (secondary N) is 1. The molecule has 4 atom stereocenters. The number of aromatic hydroxyl groups is 1. The van der Waals surface area contributed by atoms with Gasteiger partial charge < -0.3 is 30.7 Å². The predicted molar refractivity (Wildman–Crippen MR) is 150 cm³/mol. The molecule has 0 amide bonds. The van der Waals surface area contributed by atoms with E-state index in [2.05, 4.69) is 49.4 Å². The Bertz CT molecular complexity index is 1260. The molecule has 9 nitrogen and oxygen atoms in total. The number of piperidine rings is 1. The normalized spacial score (nSPS) is 25.0. The van der Waals surface area contributed by atoms with Crippen molar-refractivity contribution in [1.82, 2.24) is 20.5 Å². The minimum atomic E-state index is 0.184. The first-order valence-corrected chi connectivity index (χ1v) is 13.8. The molecule has 3 fully saturated rings. The van der Waals surface area contributed by atoms with Gasteiger partial charge in [-0.1, -0.05) is 19.1 Å². The molecule has 3 aliphatic heterocycles.